The lowest BCUT2D eigenvalue weighted by atomic mass is 10.2. The van der Waals surface area contributed by atoms with Crippen molar-refractivity contribution in [2.24, 2.45) is 0 Å². The number of non-ortho nitro benzene ring substituents is 1. The molecule has 0 aliphatic carbocycles. The molecular weight excluding hydrogens is 344 g/mol. The second-order valence-corrected chi connectivity index (χ2v) is 5.89. The predicted molar refractivity (Wildman–Crippen MR) is 94.9 cm³/mol. The van der Waals surface area contributed by atoms with Gasteiger partial charge in [0.1, 0.15) is 5.82 Å². The number of rotatable bonds is 6. The molecule has 3 rings (SSSR count). The summed E-state index contributed by atoms with van der Waals surface area (Å²) in [4.78, 5) is 30.1. The number of aromatic nitrogens is 2. The van der Waals surface area contributed by atoms with Gasteiger partial charge in [0.05, 0.1) is 26.5 Å². The number of nitro benzene ring substituents is 1. The van der Waals surface area contributed by atoms with Crippen LogP contribution in [0.1, 0.15) is 22.6 Å². The summed E-state index contributed by atoms with van der Waals surface area (Å²) in [6.45, 7) is 0.412. The van der Waals surface area contributed by atoms with E-state index in [1.54, 1.807) is 0 Å². The number of nitro groups is 1. The summed E-state index contributed by atoms with van der Waals surface area (Å²) in [5.41, 5.74) is 1.81. The topological polar surface area (TPSA) is 101 Å². The lowest BCUT2D eigenvalue weighted by Gasteiger charge is -2.06. The van der Waals surface area contributed by atoms with Crippen molar-refractivity contribution in [1.29, 1.82) is 0 Å². The average molecular weight is 359 g/mol. The van der Waals surface area contributed by atoms with E-state index in [1.165, 1.54) is 18.2 Å². The zero-order chi connectivity index (χ0) is 17.8. The third kappa shape index (κ3) is 3.95. The maximum Gasteiger partial charge on any atom is 0.270 e. The van der Waals surface area contributed by atoms with Crippen molar-refractivity contribution in [3.8, 4) is 0 Å². The molecule has 1 aromatic heterocycles. The van der Waals surface area contributed by atoms with Gasteiger partial charge in [-0.3, -0.25) is 14.9 Å². The molecule has 0 aliphatic heterocycles. The Morgan fingerprint density at radius 1 is 1.28 bits per heavy atom. The number of carbonyl (C=O) groups is 1. The Balaban J connectivity index is 1.56. The number of H-pyrrole nitrogens is 1. The van der Waals surface area contributed by atoms with Crippen LogP contribution in [0.4, 0.5) is 5.69 Å². The van der Waals surface area contributed by atoms with Gasteiger partial charge >= 0.3 is 0 Å². The van der Waals surface area contributed by atoms with Crippen molar-refractivity contribution >= 4 is 34.2 Å². The van der Waals surface area contributed by atoms with Crippen LogP contribution in [0.3, 0.4) is 0 Å². The molecule has 2 N–H and O–H groups in total. The normalized spacial score (nSPS) is 10.8. The largest absolute Gasteiger partial charge is 0.352 e. The van der Waals surface area contributed by atoms with Crippen LogP contribution in [0.25, 0.3) is 11.0 Å². The number of imidazole rings is 1. The van der Waals surface area contributed by atoms with Gasteiger partial charge in [-0.1, -0.05) is 23.7 Å². The van der Waals surface area contributed by atoms with E-state index in [1.807, 2.05) is 24.3 Å². The molecule has 3 aromatic rings. The summed E-state index contributed by atoms with van der Waals surface area (Å²) in [5, 5.41) is 13.7. The van der Waals surface area contributed by atoms with Crippen molar-refractivity contribution in [3.63, 3.8) is 0 Å². The molecule has 1 heterocycles. The molecule has 0 unspecified atom stereocenters. The minimum absolute atomic E-state index is 0.0969. The first-order valence-corrected chi connectivity index (χ1v) is 8.08. The fourth-order valence-electron chi connectivity index (χ4n) is 2.48. The summed E-state index contributed by atoms with van der Waals surface area (Å²) in [7, 11) is 0. The predicted octanol–water partition coefficient (Wildman–Crippen LogP) is 3.49. The number of nitrogens with zero attached hydrogens (tertiary/aromatic N) is 2. The molecule has 2 aromatic carbocycles. The number of para-hydroxylation sites is 2. The summed E-state index contributed by atoms with van der Waals surface area (Å²) in [6.07, 6.45) is 1.36. The summed E-state index contributed by atoms with van der Waals surface area (Å²) >= 11 is 5.95. The second kappa shape index (κ2) is 7.31. The van der Waals surface area contributed by atoms with Gasteiger partial charge in [0.2, 0.25) is 0 Å². The molecule has 0 aliphatic rings. The molecule has 1 amide bonds. The molecule has 0 spiro atoms. The van der Waals surface area contributed by atoms with Crippen molar-refractivity contribution in [1.82, 2.24) is 15.3 Å². The van der Waals surface area contributed by atoms with Gasteiger partial charge < -0.3 is 10.3 Å². The lowest BCUT2D eigenvalue weighted by Crippen LogP contribution is -2.25. The van der Waals surface area contributed by atoms with E-state index in [-0.39, 0.29) is 16.3 Å². The van der Waals surface area contributed by atoms with Crippen LogP contribution in [0, 0.1) is 10.1 Å². The minimum atomic E-state index is -0.561. The van der Waals surface area contributed by atoms with E-state index in [0.717, 1.165) is 16.9 Å². The Morgan fingerprint density at radius 3 is 2.84 bits per heavy atom. The maximum absolute atomic E-state index is 12.2. The minimum Gasteiger partial charge on any atom is -0.352 e. The molecule has 0 fully saturated rings. The molecule has 128 valence electrons. The fraction of sp³-hybridized carbons (Fsp3) is 0.176. The van der Waals surface area contributed by atoms with Crippen LogP contribution < -0.4 is 5.32 Å². The van der Waals surface area contributed by atoms with Crippen LogP contribution in [0.5, 0.6) is 0 Å². The van der Waals surface area contributed by atoms with E-state index in [4.69, 9.17) is 11.6 Å². The van der Waals surface area contributed by atoms with Crippen LogP contribution in [0.2, 0.25) is 5.02 Å². The Bertz CT molecular complexity index is 906. The highest BCUT2D eigenvalue weighted by Crippen LogP contribution is 2.22. The van der Waals surface area contributed by atoms with E-state index >= 15 is 0 Å². The first kappa shape index (κ1) is 16.9. The number of aromatic amines is 1. The first-order chi connectivity index (χ1) is 12.0. The average Bonchev–Trinajstić information content (AvgIpc) is 3.01. The standard InChI is InChI=1S/C17H15ClN4O3/c18-13-8-7-11(22(24)25)10-12(13)17(23)19-9-3-6-16-20-14-4-1-2-5-15(14)21-16/h1-2,4-5,7-8,10H,3,6,9H2,(H,19,23)(H,20,21). The number of hydrogen-bond donors (Lipinski definition) is 2. The van der Waals surface area contributed by atoms with Gasteiger partial charge in [-0.15, -0.1) is 0 Å². The number of amides is 1. The van der Waals surface area contributed by atoms with Crippen LogP contribution in [0.15, 0.2) is 42.5 Å². The maximum atomic E-state index is 12.2. The number of halogens is 1. The Morgan fingerprint density at radius 2 is 2.08 bits per heavy atom. The number of carbonyl (C=O) groups excluding carboxylic acids is 1. The third-order valence-corrected chi connectivity index (χ3v) is 4.05. The van der Waals surface area contributed by atoms with Crippen LogP contribution >= 0.6 is 11.6 Å². The molecule has 25 heavy (non-hydrogen) atoms. The number of benzene rings is 2. The van der Waals surface area contributed by atoms with E-state index in [9.17, 15) is 14.9 Å². The van der Waals surface area contributed by atoms with Crippen molar-refractivity contribution in [2.45, 2.75) is 12.8 Å². The van der Waals surface area contributed by atoms with E-state index in [0.29, 0.717) is 19.4 Å². The number of hydrogen-bond acceptors (Lipinski definition) is 4. The summed E-state index contributed by atoms with van der Waals surface area (Å²) < 4.78 is 0. The molecule has 0 saturated carbocycles. The van der Waals surface area contributed by atoms with Gasteiger partial charge in [0.15, 0.2) is 0 Å². The van der Waals surface area contributed by atoms with Crippen molar-refractivity contribution < 1.29 is 9.72 Å². The molecule has 0 saturated heterocycles. The molecule has 0 bridgehead atoms. The van der Waals surface area contributed by atoms with E-state index < -0.39 is 10.8 Å². The number of nitrogens with one attached hydrogen (secondary N) is 2. The fourth-order valence-corrected chi connectivity index (χ4v) is 2.68. The van der Waals surface area contributed by atoms with Gasteiger partial charge in [0.25, 0.3) is 11.6 Å². The first-order valence-electron chi connectivity index (χ1n) is 7.70. The smallest absolute Gasteiger partial charge is 0.270 e. The Kier molecular flexibility index (Phi) is 4.95. The SMILES string of the molecule is O=C(NCCCc1nc2ccccc2[nH]1)c1cc([N+](=O)[O-])ccc1Cl. The highest BCUT2D eigenvalue weighted by atomic mass is 35.5. The van der Waals surface area contributed by atoms with Crippen LogP contribution in [-0.4, -0.2) is 27.3 Å². The van der Waals surface area contributed by atoms with Crippen molar-refractivity contribution in [3.05, 3.63) is 69.0 Å². The summed E-state index contributed by atoms with van der Waals surface area (Å²) in [6, 6.07) is 11.5. The number of aryl methyl sites for hydroxylation is 1. The molecular formula is C17H15ClN4O3. The highest BCUT2D eigenvalue weighted by Gasteiger charge is 2.15. The highest BCUT2D eigenvalue weighted by molar-refractivity contribution is 6.33. The molecule has 0 atom stereocenters. The molecule has 0 radical (unpaired) electrons. The number of fused-ring (bicyclic) bond motifs is 1. The zero-order valence-corrected chi connectivity index (χ0v) is 13.9. The summed E-state index contributed by atoms with van der Waals surface area (Å²) in [5.74, 6) is 0.419. The van der Waals surface area contributed by atoms with Gasteiger partial charge in [-0.05, 0) is 24.6 Å². The molecule has 8 heteroatoms. The lowest BCUT2D eigenvalue weighted by molar-refractivity contribution is -0.384. The Labute approximate surface area is 148 Å². The second-order valence-electron chi connectivity index (χ2n) is 5.48. The van der Waals surface area contributed by atoms with Crippen molar-refractivity contribution in [2.75, 3.05) is 6.54 Å². The quantitative estimate of drug-likeness (QED) is 0.400. The Hall–Kier alpha value is -2.93. The zero-order valence-electron chi connectivity index (χ0n) is 13.2. The van der Waals surface area contributed by atoms with Gasteiger partial charge in [0, 0.05) is 25.1 Å². The van der Waals surface area contributed by atoms with Gasteiger partial charge in [-0.2, -0.15) is 0 Å². The third-order valence-electron chi connectivity index (χ3n) is 3.72. The monoisotopic (exact) mass is 358 g/mol. The van der Waals surface area contributed by atoms with Gasteiger partial charge in [-0.25, -0.2) is 4.98 Å². The van der Waals surface area contributed by atoms with E-state index in [2.05, 4.69) is 15.3 Å². The van der Waals surface area contributed by atoms with Crippen LogP contribution in [-0.2, 0) is 6.42 Å². The molecule has 7 nitrogen and oxygen atoms in total.